The van der Waals surface area contributed by atoms with Crippen LogP contribution in [0.3, 0.4) is 0 Å². The van der Waals surface area contributed by atoms with Crippen molar-refractivity contribution in [1.82, 2.24) is 0 Å². The Morgan fingerprint density at radius 3 is 2.23 bits per heavy atom. The Hall–Kier alpha value is -0.790. The largest absolute Gasteiger partial charge is 0.469 e. The van der Waals surface area contributed by atoms with Crippen molar-refractivity contribution in [3.05, 3.63) is 12.2 Å². The number of hydrogen-bond acceptors (Lipinski definition) is 2. The zero-order chi connectivity index (χ0) is 16.5. The van der Waals surface area contributed by atoms with Gasteiger partial charge < -0.3 is 4.74 Å². The first-order chi connectivity index (χ1) is 10.7. The third-order valence-corrected chi connectivity index (χ3v) is 4.21. The Labute approximate surface area is 138 Å². The molecule has 0 rings (SSSR count). The minimum atomic E-state index is -0.0725. The number of ether oxygens (including phenoxy) is 1. The molecule has 0 saturated heterocycles. The molecule has 0 aromatic rings. The van der Waals surface area contributed by atoms with Gasteiger partial charge in [0.2, 0.25) is 0 Å². The van der Waals surface area contributed by atoms with E-state index >= 15 is 0 Å². The van der Waals surface area contributed by atoms with Crippen LogP contribution in [0.4, 0.5) is 0 Å². The first-order valence-electron chi connectivity index (χ1n) is 9.44. The lowest BCUT2D eigenvalue weighted by molar-refractivity contribution is -0.140. The van der Waals surface area contributed by atoms with Gasteiger partial charge in [0.15, 0.2) is 0 Å². The van der Waals surface area contributed by atoms with E-state index in [2.05, 4.69) is 30.7 Å². The minimum absolute atomic E-state index is 0.0725. The second-order valence-corrected chi connectivity index (χ2v) is 6.49. The predicted molar refractivity (Wildman–Crippen MR) is 96.0 cm³/mol. The normalized spacial score (nSPS) is 12.7. The topological polar surface area (TPSA) is 26.3 Å². The molecule has 2 nitrogen and oxygen atoms in total. The highest BCUT2D eigenvalue weighted by Gasteiger charge is 2.00. The highest BCUT2D eigenvalue weighted by molar-refractivity contribution is 5.68. The molecule has 22 heavy (non-hydrogen) atoms. The molecule has 0 aromatic carbocycles. The molecule has 0 aliphatic heterocycles. The van der Waals surface area contributed by atoms with Crippen molar-refractivity contribution in [2.24, 2.45) is 5.92 Å². The maximum absolute atomic E-state index is 10.9. The molecule has 1 unspecified atom stereocenters. The van der Waals surface area contributed by atoms with Gasteiger partial charge in [-0.2, -0.15) is 0 Å². The summed E-state index contributed by atoms with van der Waals surface area (Å²) in [5, 5.41) is 0. The average molecular weight is 311 g/mol. The lowest BCUT2D eigenvalue weighted by Crippen LogP contribution is -1.99. The third kappa shape index (κ3) is 15.6. The second-order valence-electron chi connectivity index (χ2n) is 6.49. The number of carbonyl (C=O) groups is 1. The summed E-state index contributed by atoms with van der Waals surface area (Å²) in [4.78, 5) is 10.9. The maximum atomic E-state index is 10.9. The van der Waals surface area contributed by atoms with E-state index in [9.17, 15) is 4.79 Å². The number of allylic oxidation sites excluding steroid dienone is 2. The molecule has 0 radical (unpaired) electrons. The molecule has 0 amide bonds. The fourth-order valence-electron chi connectivity index (χ4n) is 2.66. The SMILES string of the molecule is CCCCCC=CC(C)CCCCCCCCCC(=O)OC. The predicted octanol–water partition coefficient (Wildman–Crippen LogP) is 6.44. The van der Waals surface area contributed by atoms with Gasteiger partial charge in [-0.25, -0.2) is 0 Å². The zero-order valence-corrected chi connectivity index (χ0v) is 15.2. The first kappa shape index (κ1) is 21.2. The minimum Gasteiger partial charge on any atom is -0.469 e. The molecule has 0 heterocycles. The first-order valence-corrected chi connectivity index (χ1v) is 9.44. The number of carbonyl (C=O) groups excluding carboxylic acids is 1. The van der Waals surface area contributed by atoms with E-state index in [0.29, 0.717) is 6.42 Å². The van der Waals surface area contributed by atoms with E-state index in [4.69, 9.17) is 0 Å². The zero-order valence-electron chi connectivity index (χ0n) is 15.2. The molecule has 0 N–H and O–H groups in total. The molecule has 1 atom stereocenters. The number of rotatable bonds is 15. The van der Waals surface area contributed by atoms with E-state index < -0.39 is 0 Å². The van der Waals surface area contributed by atoms with Crippen LogP contribution in [0.25, 0.3) is 0 Å². The van der Waals surface area contributed by atoms with Crippen LogP contribution < -0.4 is 0 Å². The van der Waals surface area contributed by atoms with Crippen LogP contribution in [0, 0.1) is 5.92 Å². The van der Waals surface area contributed by atoms with E-state index in [1.54, 1.807) is 0 Å². The Morgan fingerprint density at radius 2 is 1.59 bits per heavy atom. The molecule has 130 valence electrons. The van der Waals surface area contributed by atoms with Crippen molar-refractivity contribution in [3.8, 4) is 0 Å². The summed E-state index contributed by atoms with van der Waals surface area (Å²) in [6.45, 7) is 4.59. The molecule has 0 aromatic heterocycles. The molecule has 0 saturated carbocycles. The van der Waals surface area contributed by atoms with Crippen LogP contribution in [0.1, 0.15) is 97.3 Å². The van der Waals surface area contributed by atoms with Crippen LogP contribution in [-0.2, 0) is 9.53 Å². The van der Waals surface area contributed by atoms with Crippen molar-refractivity contribution in [3.63, 3.8) is 0 Å². The summed E-state index contributed by atoms with van der Waals surface area (Å²) in [5.74, 6) is 0.665. The molecule has 0 aliphatic rings. The van der Waals surface area contributed by atoms with Crippen molar-refractivity contribution in [1.29, 1.82) is 0 Å². The summed E-state index contributed by atoms with van der Waals surface area (Å²) in [6.07, 6.45) is 20.7. The summed E-state index contributed by atoms with van der Waals surface area (Å²) in [5.41, 5.74) is 0. The molecule has 0 bridgehead atoms. The maximum Gasteiger partial charge on any atom is 0.305 e. The van der Waals surface area contributed by atoms with Crippen LogP contribution in [0.15, 0.2) is 12.2 Å². The van der Waals surface area contributed by atoms with Gasteiger partial charge in [0.1, 0.15) is 0 Å². The van der Waals surface area contributed by atoms with Gasteiger partial charge in [-0.1, -0.05) is 77.4 Å². The number of hydrogen-bond donors (Lipinski definition) is 0. The lowest BCUT2D eigenvalue weighted by atomic mass is 10.0. The molecule has 0 spiro atoms. The fourth-order valence-corrected chi connectivity index (χ4v) is 2.66. The molecular weight excluding hydrogens is 272 g/mol. The van der Waals surface area contributed by atoms with Gasteiger partial charge in [0, 0.05) is 6.42 Å². The van der Waals surface area contributed by atoms with Gasteiger partial charge in [0.05, 0.1) is 7.11 Å². The monoisotopic (exact) mass is 310 g/mol. The van der Waals surface area contributed by atoms with E-state index in [1.807, 2.05) is 0 Å². The van der Waals surface area contributed by atoms with E-state index in [0.717, 1.165) is 18.8 Å². The lowest BCUT2D eigenvalue weighted by Gasteiger charge is -2.06. The highest BCUT2D eigenvalue weighted by atomic mass is 16.5. The third-order valence-electron chi connectivity index (χ3n) is 4.21. The molecule has 2 heteroatoms. The fraction of sp³-hybridized carbons (Fsp3) is 0.850. The highest BCUT2D eigenvalue weighted by Crippen LogP contribution is 2.14. The van der Waals surface area contributed by atoms with Gasteiger partial charge in [-0.05, 0) is 31.6 Å². The van der Waals surface area contributed by atoms with Gasteiger partial charge in [0.25, 0.3) is 0 Å². The van der Waals surface area contributed by atoms with Crippen molar-refractivity contribution in [2.75, 3.05) is 7.11 Å². The summed E-state index contributed by atoms with van der Waals surface area (Å²) >= 11 is 0. The van der Waals surface area contributed by atoms with Crippen LogP contribution in [0.5, 0.6) is 0 Å². The second kappa shape index (κ2) is 16.6. The van der Waals surface area contributed by atoms with Crippen molar-refractivity contribution in [2.45, 2.75) is 97.3 Å². The quantitative estimate of drug-likeness (QED) is 0.197. The Bertz CT molecular complexity index is 271. The van der Waals surface area contributed by atoms with E-state index in [1.165, 1.54) is 71.3 Å². The smallest absolute Gasteiger partial charge is 0.305 e. The van der Waals surface area contributed by atoms with Crippen molar-refractivity contribution >= 4 is 5.97 Å². The Kier molecular flexibility index (Phi) is 16.0. The number of unbranched alkanes of at least 4 members (excludes halogenated alkanes) is 9. The van der Waals surface area contributed by atoms with Crippen LogP contribution in [-0.4, -0.2) is 13.1 Å². The van der Waals surface area contributed by atoms with Crippen LogP contribution in [0.2, 0.25) is 0 Å². The van der Waals surface area contributed by atoms with Gasteiger partial charge >= 0.3 is 5.97 Å². The molecule has 0 fully saturated rings. The van der Waals surface area contributed by atoms with Crippen LogP contribution >= 0.6 is 0 Å². The summed E-state index contributed by atoms with van der Waals surface area (Å²) < 4.78 is 4.63. The van der Waals surface area contributed by atoms with Crippen molar-refractivity contribution < 1.29 is 9.53 Å². The Morgan fingerprint density at radius 1 is 0.955 bits per heavy atom. The molecule has 0 aliphatic carbocycles. The molecular formula is C20H38O2. The van der Waals surface area contributed by atoms with Gasteiger partial charge in [-0.3, -0.25) is 4.79 Å². The van der Waals surface area contributed by atoms with Gasteiger partial charge in [-0.15, -0.1) is 0 Å². The van der Waals surface area contributed by atoms with E-state index in [-0.39, 0.29) is 5.97 Å². The standard InChI is InChI=1S/C20H38O2/c1-4-5-6-10-13-16-19(2)17-14-11-8-7-9-12-15-18-20(21)22-3/h13,16,19H,4-12,14-15,17-18H2,1-3H3. The summed E-state index contributed by atoms with van der Waals surface area (Å²) in [6, 6.07) is 0. The number of methoxy groups -OCH3 is 1. The summed E-state index contributed by atoms with van der Waals surface area (Å²) in [7, 11) is 1.46. The number of esters is 1. The Balaban J connectivity index is 3.26. The average Bonchev–Trinajstić information content (AvgIpc) is 2.52.